The van der Waals surface area contributed by atoms with E-state index in [0.29, 0.717) is 5.01 Å². The minimum atomic E-state index is -0.642. The number of imide groups is 1. The maximum Gasteiger partial charge on any atom is 0.322 e. The van der Waals surface area contributed by atoms with Gasteiger partial charge in [-0.05, 0) is 22.3 Å². The number of carbonyl (C=O) groups is 2. The van der Waals surface area contributed by atoms with Crippen molar-refractivity contribution in [2.75, 3.05) is 7.05 Å². The van der Waals surface area contributed by atoms with Crippen LogP contribution in [0.2, 0.25) is 0 Å². The topological polar surface area (TPSA) is 75.8 Å². The van der Waals surface area contributed by atoms with E-state index < -0.39 is 11.8 Å². The number of hydrogen-bond donors (Lipinski definition) is 0. The van der Waals surface area contributed by atoms with E-state index >= 15 is 0 Å². The van der Waals surface area contributed by atoms with Gasteiger partial charge in [0.25, 0.3) is 0 Å². The first-order chi connectivity index (χ1) is 7.16. The first kappa shape index (κ1) is 9.32. The summed E-state index contributed by atoms with van der Waals surface area (Å²) in [7, 11) is 1.20. The Morgan fingerprint density at radius 2 is 1.67 bits per heavy atom. The number of hydrogen-bond acceptors (Lipinski definition) is 4. The summed E-state index contributed by atoms with van der Waals surface area (Å²) < 4.78 is 0. The summed E-state index contributed by atoms with van der Waals surface area (Å²) in [6.45, 7) is 0. The van der Waals surface area contributed by atoms with E-state index in [1.165, 1.54) is 19.2 Å². The quantitative estimate of drug-likeness (QED) is 0.294. The lowest BCUT2D eigenvalue weighted by atomic mass is 10.1. The van der Waals surface area contributed by atoms with Crippen LogP contribution in [0.5, 0.6) is 0 Å². The molecule has 1 aromatic rings. The Bertz CT molecular complexity index is 446. The average molecular weight is 205 g/mol. The Kier molecular flexibility index (Phi) is 1.96. The van der Waals surface area contributed by atoms with Gasteiger partial charge in [0.05, 0.1) is 18.2 Å². The van der Waals surface area contributed by atoms with E-state index in [0.717, 1.165) is 0 Å². The summed E-state index contributed by atoms with van der Waals surface area (Å²) >= 11 is 0. The highest BCUT2D eigenvalue weighted by atomic mass is 16.6. The molecule has 1 aromatic carbocycles. The molecule has 6 heteroatoms. The molecule has 0 saturated heterocycles. The molecule has 6 nitrogen and oxygen atoms in total. The summed E-state index contributed by atoms with van der Waals surface area (Å²) in [6, 6.07) is 6.26. The van der Waals surface area contributed by atoms with Crippen LogP contribution < -0.4 is 0 Å². The molecule has 0 fully saturated rings. The molecular weight excluding hydrogens is 198 g/mol. The standard InChI is InChI=1S/C9H7N3O3/c1-10-12(15)11-8(13)6-4-2-3-5-7(6)9(11)14/h2-5H,1H3. The molecule has 0 aliphatic carbocycles. The molecule has 2 rings (SSSR count). The number of fused-ring (bicyclic) bond motifs is 1. The average Bonchev–Trinajstić information content (AvgIpc) is 2.52. The molecule has 15 heavy (non-hydrogen) atoms. The van der Waals surface area contributed by atoms with E-state index in [1.807, 2.05) is 0 Å². The lowest BCUT2D eigenvalue weighted by Crippen LogP contribution is -2.35. The number of rotatable bonds is 1. The number of amides is 2. The van der Waals surface area contributed by atoms with Crippen molar-refractivity contribution in [1.82, 2.24) is 5.01 Å². The zero-order chi connectivity index (χ0) is 11.0. The predicted molar refractivity (Wildman–Crippen MR) is 48.9 cm³/mol. The number of benzene rings is 1. The fraction of sp³-hybridized carbons (Fsp3) is 0.111. The third-order valence-corrected chi connectivity index (χ3v) is 2.11. The summed E-state index contributed by atoms with van der Waals surface area (Å²) in [4.78, 5) is 23.2. The Morgan fingerprint density at radius 1 is 1.20 bits per heavy atom. The van der Waals surface area contributed by atoms with Gasteiger partial charge >= 0.3 is 11.8 Å². The molecule has 1 aliphatic heterocycles. The zero-order valence-electron chi connectivity index (χ0n) is 7.88. The molecule has 0 aromatic heterocycles. The SMILES string of the molecule is CN=[N+]([O-])N1C(=O)c2ccccc2C1=O. The second kappa shape index (κ2) is 3.16. The zero-order valence-corrected chi connectivity index (χ0v) is 7.88. The first-order valence-electron chi connectivity index (χ1n) is 4.21. The highest BCUT2D eigenvalue weighted by Gasteiger charge is 2.42. The number of nitrogens with zero attached hydrogens (tertiary/aromatic N) is 3. The van der Waals surface area contributed by atoms with Crippen molar-refractivity contribution in [2.24, 2.45) is 5.11 Å². The van der Waals surface area contributed by atoms with E-state index in [4.69, 9.17) is 0 Å². The minimum Gasteiger partial charge on any atom is -0.571 e. The molecule has 2 amide bonds. The van der Waals surface area contributed by atoms with Gasteiger partial charge < -0.3 is 5.21 Å². The molecule has 0 unspecified atom stereocenters. The van der Waals surface area contributed by atoms with Gasteiger partial charge in [-0.15, -0.1) is 0 Å². The summed E-state index contributed by atoms with van der Waals surface area (Å²) in [5.41, 5.74) is 0.457. The van der Waals surface area contributed by atoms with E-state index in [1.54, 1.807) is 12.1 Å². The Morgan fingerprint density at radius 3 is 2.07 bits per heavy atom. The van der Waals surface area contributed by atoms with Crippen LogP contribution >= 0.6 is 0 Å². The smallest absolute Gasteiger partial charge is 0.322 e. The van der Waals surface area contributed by atoms with Crippen LogP contribution in [0.15, 0.2) is 29.4 Å². The van der Waals surface area contributed by atoms with E-state index in [-0.39, 0.29) is 16.1 Å². The summed E-state index contributed by atoms with van der Waals surface area (Å²) in [6.07, 6.45) is 0. The predicted octanol–water partition coefficient (Wildman–Crippen LogP) is 0.790. The normalized spacial score (nSPS) is 15.8. The van der Waals surface area contributed by atoms with Gasteiger partial charge in [0.2, 0.25) is 0 Å². The van der Waals surface area contributed by atoms with Crippen LogP contribution in [0, 0.1) is 5.21 Å². The fourth-order valence-corrected chi connectivity index (χ4v) is 1.42. The summed E-state index contributed by atoms with van der Waals surface area (Å²) in [5, 5.41) is 14.8. The molecule has 0 spiro atoms. The van der Waals surface area contributed by atoms with Gasteiger partial charge in [-0.25, -0.2) is 0 Å². The number of carbonyl (C=O) groups excluding carboxylic acids is 2. The van der Waals surface area contributed by atoms with Crippen molar-refractivity contribution < 1.29 is 14.6 Å². The molecule has 0 saturated carbocycles. The Balaban J connectivity index is 2.55. The Hall–Kier alpha value is -2.24. The van der Waals surface area contributed by atoms with Crippen LogP contribution in [0.1, 0.15) is 20.7 Å². The summed E-state index contributed by atoms with van der Waals surface area (Å²) in [5.74, 6) is -1.28. The first-order valence-corrected chi connectivity index (χ1v) is 4.21. The van der Waals surface area contributed by atoms with Crippen LogP contribution in [0.3, 0.4) is 0 Å². The van der Waals surface area contributed by atoms with Crippen molar-refractivity contribution in [2.45, 2.75) is 0 Å². The van der Waals surface area contributed by atoms with Crippen molar-refractivity contribution in [3.8, 4) is 0 Å². The third kappa shape index (κ3) is 1.18. The molecule has 1 heterocycles. The monoisotopic (exact) mass is 205 g/mol. The molecule has 0 N–H and O–H groups in total. The molecular formula is C9H7N3O3. The molecule has 0 bridgehead atoms. The van der Waals surface area contributed by atoms with E-state index in [9.17, 15) is 14.8 Å². The molecule has 76 valence electrons. The Labute approximate surface area is 85.0 Å². The largest absolute Gasteiger partial charge is 0.571 e. The maximum atomic E-state index is 11.6. The van der Waals surface area contributed by atoms with Gasteiger partial charge in [0.1, 0.15) is 0 Å². The van der Waals surface area contributed by atoms with Gasteiger partial charge in [-0.1, -0.05) is 12.1 Å². The lowest BCUT2D eigenvalue weighted by Gasteiger charge is -2.06. The molecule has 1 aliphatic rings. The second-order valence-corrected chi connectivity index (χ2v) is 2.92. The fourth-order valence-electron chi connectivity index (χ4n) is 1.42. The van der Waals surface area contributed by atoms with Crippen LogP contribution in [0.25, 0.3) is 0 Å². The van der Waals surface area contributed by atoms with Gasteiger partial charge in [0, 0.05) is 4.97 Å². The van der Waals surface area contributed by atoms with Gasteiger partial charge in [0.15, 0.2) is 0 Å². The lowest BCUT2D eigenvalue weighted by molar-refractivity contribution is -0.649. The molecule has 0 radical (unpaired) electrons. The van der Waals surface area contributed by atoms with Gasteiger partial charge in [-0.2, -0.15) is 0 Å². The van der Waals surface area contributed by atoms with Crippen LogP contribution in [-0.2, 0) is 0 Å². The van der Waals surface area contributed by atoms with E-state index in [2.05, 4.69) is 5.11 Å². The maximum absolute atomic E-state index is 11.6. The van der Waals surface area contributed by atoms with Crippen molar-refractivity contribution in [3.63, 3.8) is 0 Å². The highest BCUT2D eigenvalue weighted by Crippen LogP contribution is 2.22. The second-order valence-electron chi connectivity index (χ2n) is 2.92. The van der Waals surface area contributed by atoms with Crippen LogP contribution in [0.4, 0.5) is 0 Å². The minimum absolute atomic E-state index is 0.00926. The van der Waals surface area contributed by atoms with Crippen LogP contribution in [-0.4, -0.2) is 28.8 Å². The molecule has 0 atom stereocenters. The van der Waals surface area contributed by atoms with Gasteiger partial charge in [-0.3, -0.25) is 9.59 Å². The van der Waals surface area contributed by atoms with Crippen molar-refractivity contribution in [3.05, 3.63) is 40.6 Å². The number of hydrazine groups is 1. The highest BCUT2D eigenvalue weighted by molar-refractivity contribution is 6.20. The van der Waals surface area contributed by atoms with Crippen molar-refractivity contribution in [1.29, 1.82) is 0 Å². The third-order valence-electron chi connectivity index (χ3n) is 2.11. The van der Waals surface area contributed by atoms with Crippen molar-refractivity contribution >= 4 is 11.8 Å².